The summed E-state index contributed by atoms with van der Waals surface area (Å²) >= 11 is 0. The molecule has 1 aliphatic heterocycles. The summed E-state index contributed by atoms with van der Waals surface area (Å²) in [4.78, 5) is 14.5. The number of hydrogen-bond acceptors (Lipinski definition) is 4. The van der Waals surface area contributed by atoms with Crippen LogP contribution in [0.25, 0.3) is 11.0 Å². The fourth-order valence-corrected chi connectivity index (χ4v) is 3.10. The Hall–Kier alpha value is -2.95. The van der Waals surface area contributed by atoms with Crippen molar-refractivity contribution >= 4 is 22.6 Å². The lowest BCUT2D eigenvalue weighted by Crippen LogP contribution is -2.26. The molecule has 0 aliphatic carbocycles. The third-order valence-corrected chi connectivity index (χ3v) is 4.57. The minimum Gasteiger partial charge on any atom is -0.486 e. The molecular formula is C20H19NO4. The van der Waals surface area contributed by atoms with Crippen LogP contribution in [-0.4, -0.2) is 26.2 Å². The number of nitrogens with zero attached hydrogens (tertiary/aromatic N) is 1. The highest BCUT2D eigenvalue weighted by atomic mass is 16.6. The number of rotatable bonds is 2. The number of benzene rings is 2. The maximum atomic E-state index is 13.0. The second kappa shape index (κ2) is 5.84. The van der Waals surface area contributed by atoms with Crippen LogP contribution in [0.4, 0.5) is 5.69 Å². The number of aryl methyl sites for hydroxylation is 2. The number of ether oxygens (including phenoxy) is 2. The first-order valence-corrected chi connectivity index (χ1v) is 8.22. The smallest absolute Gasteiger partial charge is 0.294 e. The maximum absolute atomic E-state index is 13.0. The third-order valence-electron chi connectivity index (χ3n) is 4.57. The summed E-state index contributed by atoms with van der Waals surface area (Å²) in [5.41, 5.74) is 3.36. The van der Waals surface area contributed by atoms with Crippen molar-refractivity contribution < 1.29 is 18.7 Å². The average Bonchev–Trinajstić information content (AvgIpc) is 2.98. The van der Waals surface area contributed by atoms with Gasteiger partial charge in [-0.15, -0.1) is 0 Å². The largest absolute Gasteiger partial charge is 0.486 e. The van der Waals surface area contributed by atoms with E-state index in [2.05, 4.69) is 0 Å². The van der Waals surface area contributed by atoms with Gasteiger partial charge in [0.1, 0.15) is 18.8 Å². The van der Waals surface area contributed by atoms with Crippen LogP contribution in [0.15, 0.2) is 40.8 Å². The van der Waals surface area contributed by atoms with E-state index in [0.717, 1.165) is 27.8 Å². The van der Waals surface area contributed by atoms with Gasteiger partial charge < -0.3 is 18.8 Å². The van der Waals surface area contributed by atoms with Gasteiger partial charge in [0.05, 0.1) is 0 Å². The predicted molar refractivity (Wildman–Crippen MR) is 95.9 cm³/mol. The molecule has 4 rings (SSSR count). The van der Waals surface area contributed by atoms with E-state index in [4.69, 9.17) is 13.9 Å². The average molecular weight is 337 g/mol. The minimum absolute atomic E-state index is 0.190. The van der Waals surface area contributed by atoms with E-state index in [1.54, 1.807) is 11.9 Å². The van der Waals surface area contributed by atoms with Crippen molar-refractivity contribution in [3.63, 3.8) is 0 Å². The normalized spacial score (nSPS) is 13.1. The Morgan fingerprint density at radius 3 is 2.56 bits per heavy atom. The van der Waals surface area contributed by atoms with E-state index >= 15 is 0 Å². The first-order valence-electron chi connectivity index (χ1n) is 8.22. The maximum Gasteiger partial charge on any atom is 0.294 e. The number of amides is 1. The van der Waals surface area contributed by atoms with E-state index < -0.39 is 0 Å². The van der Waals surface area contributed by atoms with E-state index in [0.29, 0.717) is 30.5 Å². The Morgan fingerprint density at radius 1 is 1.04 bits per heavy atom. The third kappa shape index (κ3) is 2.52. The summed E-state index contributed by atoms with van der Waals surface area (Å²) < 4.78 is 17.0. The molecule has 3 aromatic rings. The second-order valence-corrected chi connectivity index (χ2v) is 6.20. The first kappa shape index (κ1) is 15.6. The Balaban J connectivity index is 1.71. The molecule has 0 fully saturated rings. The standard InChI is InChI=1S/C20H19NO4/c1-12-5-4-6-15-13(2)19(25-18(12)15)20(22)21(3)14-7-8-16-17(11-14)24-10-9-23-16/h4-8,11H,9-10H2,1-3H3. The van der Waals surface area contributed by atoms with Crippen LogP contribution >= 0.6 is 0 Å². The van der Waals surface area contributed by atoms with Crippen LogP contribution in [-0.2, 0) is 0 Å². The molecule has 128 valence electrons. The zero-order valence-corrected chi connectivity index (χ0v) is 14.5. The molecule has 0 N–H and O–H groups in total. The highest BCUT2D eigenvalue weighted by Gasteiger charge is 2.23. The topological polar surface area (TPSA) is 51.9 Å². The Labute approximate surface area is 145 Å². The summed E-state index contributed by atoms with van der Waals surface area (Å²) in [6.45, 7) is 4.94. The Bertz CT molecular complexity index is 973. The van der Waals surface area contributed by atoms with Gasteiger partial charge in [0.15, 0.2) is 17.3 Å². The zero-order chi connectivity index (χ0) is 17.6. The van der Waals surface area contributed by atoms with Crippen LogP contribution in [0.5, 0.6) is 11.5 Å². The quantitative estimate of drug-likeness (QED) is 0.706. The fourth-order valence-electron chi connectivity index (χ4n) is 3.10. The summed E-state index contributed by atoms with van der Waals surface area (Å²) in [5.74, 6) is 1.53. The summed E-state index contributed by atoms with van der Waals surface area (Å²) in [5, 5.41) is 0.971. The van der Waals surface area contributed by atoms with Crippen molar-refractivity contribution in [2.24, 2.45) is 0 Å². The van der Waals surface area contributed by atoms with Gasteiger partial charge in [-0.1, -0.05) is 18.2 Å². The Kier molecular flexibility index (Phi) is 3.64. The molecule has 1 aliphatic rings. The summed E-state index contributed by atoms with van der Waals surface area (Å²) in [6.07, 6.45) is 0. The van der Waals surface area contributed by atoms with Gasteiger partial charge in [-0.05, 0) is 31.5 Å². The van der Waals surface area contributed by atoms with E-state index in [9.17, 15) is 4.79 Å². The molecule has 0 bridgehead atoms. The lowest BCUT2D eigenvalue weighted by molar-refractivity contribution is 0.0967. The van der Waals surface area contributed by atoms with Gasteiger partial charge >= 0.3 is 0 Å². The Morgan fingerprint density at radius 2 is 1.80 bits per heavy atom. The van der Waals surface area contributed by atoms with E-state index in [1.807, 2.05) is 50.2 Å². The van der Waals surface area contributed by atoms with Gasteiger partial charge in [-0.2, -0.15) is 0 Å². The number of para-hydroxylation sites is 1. The van der Waals surface area contributed by atoms with Gasteiger partial charge in [-0.3, -0.25) is 4.79 Å². The van der Waals surface area contributed by atoms with Crippen LogP contribution < -0.4 is 14.4 Å². The predicted octanol–water partition coefficient (Wildman–Crippen LogP) is 4.10. The number of carbonyl (C=O) groups is 1. The van der Waals surface area contributed by atoms with Gasteiger partial charge in [0.2, 0.25) is 0 Å². The van der Waals surface area contributed by atoms with Crippen LogP contribution in [0.2, 0.25) is 0 Å². The molecule has 2 aromatic carbocycles. The van der Waals surface area contributed by atoms with Gasteiger partial charge in [0.25, 0.3) is 5.91 Å². The molecule has 25 heavy (non-hydrogen) atoms. The minimum atomic E-state index is -0.190. The molecule has 0 spiro atoms. The molecule has 5 heteroatoms. The first-order chi connectivity index (χ1) is 12.1. The van der Waals surface area contributed by atoms with Crippen molar-refractivity contribution in [2.45, 2.75) is 13.8 Å². The van der Waals surface area contributed by atoms with Gasteiger partial charge in [-0.25, -0.2) is 0 Å². The number of fused-ring (bicyclic) bond motifs is 2. The van der Waals surface area contributed by atoms with Crippen molar-refractivity contribution in [1.82, 2.24) is 0 Å². The molecule has 0 radical (unpaired) electrons. The molecule has 5 nitrogen and oxygen atoms in total. The second-order valence-electron chi connectivity index (χ2n) is 6.20. The fraction of sp³-hybridized carbons (Fsp3) is 0.250. The highest BCUT2D eigenvalue weighted by molar-refractivity contribution is 6.08. The van der Waals surface area contributed by atoms with E-state index in [-0.39, 0.29) is 5.91 Å². The molecule has 1 amide bonds. The number of furan rings is 1. The lowest BCUT2D eigenvalue weighted by Gasteiger charge is -2.22. The molecule has 1 aromatic heterocycles. The van der Waals surface area contributed by atoms with Crippen LogP contribution in [0.3, 0.4) is 0 Å². The van der Waals surface area contributed by atoms with Crippen molar-refractivity contribution in [1.29, 1.82) is 0 Å². The van der Waals surface area contributed by atoms with Crippen molar-refractivity contribution in [3.8, 4) is 11.5 Å². The zero-order valence-electron chi connectivity index (χ0n) is 14.5. The van der Waals surface area contributed by atoms with Crippen LogP contribution in [0.1, 0.15) is 21.7 Å². The number of hydrogen-bond donors (Lipinski definition) is 0. The monoisotopic (exact) mass is 337 g/mol. The molecular weight excluding hydrogens is 318 g/mol. The summed E-state index contributed by atoms with van der Waals surface area (Å²) in [6, 6.07) is 11.4. The highest BCUT2D eigenvalue weighted by Crippen LogP contribution is 2.35. The molecule has 0 unspecified atom stereocenters. The number of carbonyl (C=O) groups excluding carboxylic acids is 1. The molecule has 2 heterocycles. The SMILES string of the molecule is Cc1c(C(=O)N(C)c2ccc3c(c2)OCCO3)oc2c(C)cccc12. The van der Waals surface area contributed by atoms with Gasteiger partial charge in [0, 0.05) is 29.8 Å². The van der Waals surface area contributed by atoms with Crippen molar-refractivity contribution in [3.05, 3.63) is 53.3 Å². The number of anilines is 1. The van der Waals surface area contributed by atoms with Crippen molar-refractivity contribution in [2.75, 3.05) is 25.2 Å². The molecule has 0 saturated heterocycles. The lowest BCUT2D eigenvalue weighted by atomic mass is 10.1. The summed E-state index contributed by atoms with van der Waals surface area (Å²) in [7, 11) is 1.73. The van der Waals surface area contributed by atoms with E-state index in [1.165, 1.54) is 0 Å². The van der Waals surface area contributed by atoms with Crippen LogP contribution in [0, 0.1) is 13.8 Å². The molecule has 0 atom stereocenters. The molecule has 0 saturated carbocycles.